The summed E-state index contributed by atoms with van der Waals surface area (Å²) in [5.41, 5.74) is 0.341. The van der Waals surface area contributed by atoms with Crippen molar-refractivity contribution in [2.24, 2.45) is 0 Å². The maximum atomic E-state index is 10.6. The number of anilines is 1. The minimum absolute atomic E-state index is 0.0879. The van der Waals surface area contributed by atoms with Crippen LogP contribution in [0.3, 0.4) is 0 Å². The van der Waals surface area contributed by atoms with Crippen molar-refractivity contribution in [3.05, 3.63) is 27.9 Å². The lowest BCUT2D eigenvalue weighted by Gasteiger charge is -2.09. The van der Waals surface area contributed by atoms with Gasteiger partial charge in [-0.25, -0.2) is 4.98 Å². The monoisotopic (exact) mass is 225 g/mol. The minimum atomic E-state index is -1.05. The maximum Gasteiger partial charge on any atom is 0.325 e. The predicted octanol–water partition coefficient (Wildman–Crippen LogP) is 1.18. The van der Waals surface area contributed by atoms with Gasteiger partial charge in [-0.15, -0.1) is 0 Å². The third-order valence-corrected chi connectivity index (χ3v) is 2.01. The molecule has 0 amide bonds. The first-order valence-corrected chi connectivity index (χ1v) is 4.52. The first-order chi connectivity index (χ1) is 7.41. The lowest BCUT2D eigenvalue weighted by molar-refractivity contribution is -0.385. The first-order valence-electron chi connectivity index (χ1n) is 4.52. The average Bonchev–Trinajstić information content (AvgIpc) is 2.20. The number of aromatic nitrogens is 1. The fourth-order valence-corrected chi connectivity index (χ4v) is 1.07. The number of carboxylic acid groups (broad SMARTS) is 1. The molecule has 1 atom stereocenters. The molecule has 7 nitrogen and oxygen atoms in total. The maximum absolute atomic E-state index is 10.6. The first kappa shape index (κ1) is 11.9. The molecule has 16 heavy (non-hydrogen) atoms. The van der Waals surface area contributed by atoms with Crippen LogP contribution in [0.5, 0.6) is 0 Å². The van der Waals surface area contributed by atoms with Crippen LogP contribution >= 0.6 is 0 Å². The summed E-state index contributed by atoms with van der Waals surface area (Å²) in [5.74, 6) is -0.878. The highest BCUT2D eigenvalue weighted by Crippen LogP contribution is 2.20. The van der Waals surface area contributed by atoms with E-state index in [-0.39, 0.29) is 11.5 Å². The molecule has 0 saturated carbocycles. The molecule has 0 bridgehead atoms. The van der Waals surface area contributed by atoms with Crippen molar-refractivity contribution in [2.75, 3.05) is 5.32 Å². The van der Waals surface area contributed by atoms with E-state index in [2.05, 4.69) is 10.3 Å². The zero-order chi connectivity index (χ0) is 12.3. The summed E-state index contributed by atoms with van der Waals surface area (Å²) < 4.78 is 0. The summed E-state index contributed by atoms with van der Waals surface area (Å²) in [6.07, 6.45) is 1.33. The van der Waals surface area contributed by atoms with E-state index in [4.69, 9.17) is 5.11 Å². The van der Waals surface area contributed by atoms with E-state index in [1.807, 2.05) is 0 Å². The lowest BCUT2D eigenvalue weighted by Crippen LogP contribution is -2.25. The van der Waals surface area contributed by atoms with Gasteiger partial charge in [0.25, 0.3) is 5.69 Å². The number of aliphatic carboxylic acids is 1. The van der Waals surface area contributed by atoms with Gasteiger partial charge in [0.2, 0.25) is 0 Å². The molecule has 0 radical (unpaired) electrons. The summed E-state index contributed by atoms with van der Waals surface area (Å²) >= 11 is 0. The third kappa shape index (κ3) is 2.66. The van der Waals surface area contributed by atoms with Gasteiger partial charge >= 0.3 is 5.97 Å². The SMILES string of the molecule is Cc1cnc(NC(C)C(=O)O)cc1[N+](=O)[O-]. The number of aryl methyl sites for hydroxylation is 1. The van der Waals surface area contributed by atoms with E-state index >= 15 is 0 Å². The highest BCUT2D eigenvalue weighted by Gasteiger charge is 2.15. The highest BCUT2D eigenvalue weighted by molar-refractivity contribution is 5.76. The Morgan fingerprint density at radius 2 is 2.31 bits per heavy atom. The van der Waals surface area contributed by atoms with E-state index in [9.17, 15) is 14.9 Å². The van der Waals surface area contributed by atoms with Crippen molar-refractivity contribution in [3.63, 3.8) is 0 Å². The van der Waals surface area contributed by atoms with Crippen LogP contribution in [0.25, 0.3) is 0 Å². The van der Waals surface area contributed by atoms with Gasteiger partial charge in [-0.05, 0) is 13.8 Å². The number of hydrogen-bond acceptors (Lipinski definition) is 5. The number of carboxylic acids is 1. The summed E-state index contributed by atoms with van der Waals surface area (Å²) in [6, 6.07) is 0.365. The molecule has 1 rings (SSSR count). The molecule has 7 heteroatoms. The number of carbonyl (C=O) groups is 1. The smallest absolute Gasteiger partial charge is 0.325 e. The van der Waals surface area contributed by atoms with Gasteiger partial charge in [0.15, 0.2) is 0 Å². The van der Waals surface area contributed by atoms with E-state index in [1.54, 1.807) is 6.92 Å². The Morgan fingerprint density at radius 1 is 1.69 bits per heavy atom. The Bertz CT molecular complexity index is 433. The molecule has 0 aliphatic heterocycles. The summed E-state index contributed by atoms with van der Waals surface area (Å²) in [6.45, 7) is 2.99. The minimum Gasteiger partial charge on any atom is -0.480 e. The normalized spacial score (nSPS) is 11.9. The number of hydrogen-bond donors (Lipinski definition) is 2. The summed E-state index contributed by atoms with van der Waals surface area (Å²) in [5, 5.41) is 21.8. The third-order valence-electron chi connectivity index (χ3n) is 2.01. The van der Waals surface area contributed by atoms with Crippen LogP contribution in [0, 0.1) is 17.0 Å². The van der Waals surface area contributed by atoms with Gasteiger partial charge < -0.3 is 10.4 Å². The Balaban J connectivity index is 2.95. The van der Waals surface area contributed by atoms with Gasteiger partial charge in [-0.1, -0.05) is 0 Å². The van der Waals surface area contributed by atoms with E-state index in [1.165, 1.54) is 19.2 Å². The van der Waals surface area contributed by atoms with Gasteiger partial charge in [0.1, 0.15) is 11.9 Å². The number of nitrogens with one attached hydrogen (secondary N) is 1. The Labute approximate surface area is 91.3 Å². The molecule has 0 aromatic carbocycles. The van der Waals surface area contributed by atoms with Crippen LogP contribution < -0.4 is 5.32 Å². The van der Waals surface area contributed by atoms with Gasteiger partial charge in [-0.2, -0.15) is 0 Å². The number of pyridine rings is 1. The van der Waals surface area contributed by atoms with Crippen LogP contribution in [0.15, 0.2) is 12.3 Å². The lowest BCUT2D eigenvalue weighted by atomic mass is 10.2. The number of nitrogens with zero attached hydrogens (tertiary/aromatic N) is 2. The summed E-state index contributed by atoms with van der Waals surface area (Å²) in [4.78, 5) is 24.5. The average molecular weight is 225 g/mol. The molecular weight excluding hydrogens is 214 g/mol. The highest BCUT2D eigenvalue weighted by atomic mass is 16.6. The number of nitro groups is 1. The molecule has 1 heterocycles. The van der Waals surface area contributed by atoms with E-state index < -0.39 is 16.9 Å². The number of rotatable bonds is 4. The molecule has 2 N–H and O–H groups in total. The molecule has 1 aromatic heterocycles. The topological polar surface area (TPSA) is 105 Å². The van der Waals surface area contributed by atoms with Crippen LogP contribution in [0.4, 0.5) is 11.5 Å². The fraction of sp³-hybridized carbons (Fsp3) is 0.333. The second-order valence-electron chi connectivity index (χ2n) is 3.32. The largest absolute Gasteiger partial charge is 0.480 e. The molecular formula is C9H11N3O4. The standard InChI is InChI=1S/C9H11N3O4/c1-5-4-10-8(3-7(5)12(15)16)11-6(2)9(13)14/h3-4,6H,1-2H3,(H,10,11)(H,13,14). The quantitative estimate of drug-likeness (QED) is 0.588. The second-order valence-corrected chi connectivity index (χ2v) is 3.32. The van der Waals surface area contributed by atoms with Crippen LogP contribution in [0.1, 0.15) is 12.5 Å². The fourth-order valence-electron chi connectivity index (χ4n) is 1.07. The molecule has 0 fully saturated rings. The molecule has 1 unspecified atom stereocenters. The van der Waals surface area contributed by atoms with Crippen molar-refractivity contribution >= 4 is 17.5 Å². The molecule has 0 spiro atoms. The predicted molar refractivity (Wildman–Crippen MR) is 56.3 cm³/mol. The Hall–Kier alpha value is -2.18. The molecule has 1 aromatic rings. The van der Waals surface area contributed by atoms with Gasteiger partial charge in [0, 0.05) is 11.8 Å². The summed E-state index contributed by atoms with van der Waals surface area (Å²) in [7, 11) is 0. The van der Waals surface area contributed by atoms with Gasteiger partial charge in [0.05, 0.1) is 11.0 Å². The molecule has 0 aliphatic carbocycles. The second kappa shape index (κ2) is 4.56. The van der Waals surface area contributed by atoms with Crippen molar-refractivity contribution in [1.82, 2.24) is 4.98 Å². The molecule has 86 valence electrons. The Kier molecular flexibility index (Phi) is 3.39. The van der Waals surface area contributed by atoms with Crippen LogP contribution in [0.2, 0.25) is 0 Å². The van der Waals surface area contributed by atoms with Crippen molar-refractivity contribution < 1.29 is 14.8 Å². The van der Waals surface area contributed by atoms with Crippen molar-refractivity contribution in [3.8, 4) is 0 Å². The Morgan fingerprint density at radius 3 is 2.81 bits per heavy atom. The van der Waals surface area contributed by atoms with Gasteiger partial charge in [-0.3, -0.25) is 14.9 Å². The molecule has 0 aliphatic rings. The molecule has 0 saturated heterocycles. The van der Waals surface area contributed by atoms with Crippen LogP contribution in [-0.4, -0.2) is 27.0 Å². The van der Waals surface area contributed by atoms with Crippen molar-refractivity contribution in [2.45, 2.75) is 19.9 Å². The van der Waals surface area contributed by atoms with Crippen LogP contribution in [-0.2, 0) is 4.79 Å². The van der Waals surface area contributed by atoms with E-state index in [0.29, 0.717) is 5.56 Å². The van der Waals surface area contributed by atoms with Crippen molar-refractivity contribution in [1.29, 1.82) is 0 Å². The van der Waals surface area contributed by atoms with E-state index in [0.717, 1.165) is 0 Å². The zero-order valence-corrected chi connectivity index (χ0v) is 8.80. The zero-order valence-electron chi connectivity index (χ0n) is 8.80.